The van der Waals surface area contributed by atoms with Gasteiger partial charge in [-0.2, -0.15) is 0 Å². The van der Waals surface area contributed by atoms with Crippen molar-refractivity contribution in [2.24, 2.45) is 0 Å². The molecule has 0 fully saturated rings. The fourth-order valence-electron chi connectivity index (χ4n) is 1.20. The number of nitro groups is 1. The van der Waals surface area contributed by atoms with Crippen LogP contribution in [-0.2, 0) is 4.79 Å². The first-order valence-corrected chi connectivity index (χ1v) is 4.69. The third-order valence-electron chi connectivity index (χ3n) is 1.87. The highest BCUT2D eigenvalue weighted by Crippen LogP contribution is 2.13. The Morgan fingerprint density at radius 2 is 2.12 bits per heavy atom. The number of nitrogens with one attached hydrogen (secondary N) is 1. The van der Waals surface area contributed by atoms with Gasteiger partial charge in [0.05, 0.1) is 4.92 Å². The van der Waals surface area contributed by atoms with Gasteiger partial charge in [0, 0.05) is 25.6 Å². The fraction of sp³-hybridized carbons (Fsp3) is 0.182. The lowest BCUT2D eigenvalue weighted by molar-refractivity contribution is -0.422. The van der Waals surface area contributed by atoms with Crippen LogP contribution >= 0.6 is 0 Å². The van der Waals surface area contributed by atoms with Crippen LogP contribution in [0.15, 0.2) is 30.0 Å². The normalized spacial score (nSPS) is 11.0. The Bertz CT molecular complexity index is 452. The van der Waals surface area contributed by atoms with Crippen LogP contribution < -0.4 is 5.32 Å². The van der Waals surface area contributed by atoms with Gasteiger partial charge in [-0.3, -0.25) is 14.9 Å². The van der Waals surface area contributed by atoms with Crippen molar-refractivity contribution in [1.82, 2.24) is 0 Å². The number of amides is 1. The number of allylic oxidation sites excluding steroid dienone is 1. The lowest BCUT2D eigenvalue weighted by Crippen LogP contribution is -2.05. The van der Waals surface area contributed by atoms with Gasteiger partial charge in [-0.15, -0.1) is 0 Å². The van der Waals surface area contributed by atoms with E-state index in [0.717, 1.165) is 0 Å². The predicted molar refractivity (Wildman–Crippen MR) is 61.4 cm³/mol. The van der Waals surface area contributed by atoms with E-state index in [9.17, 15) is 14.9 Å². The van der Waals surface area contributed by atoms with Gasteiger partial charge in [-0.1, -0.05) is 12.1 Å². The van der Waals surface area contributed by atoms with Crippen molar-refractivity contribution in [3.63, 3.8) is 0 Å². The van der Waals surface area contributed by atoms with Gasteiger partial charge >= 0.3 is 0 Å². The molecule has 0 saturated heterocycles. The quantitative estimate of drug-likeness (QED) is 0.627. The van der Waals surface area contributed by atoms with Crippen LogP contribution in [0.25, 0.3) is 6.08 Å². The van der Waals surface area contributed by atoms with Gasteiger partial charge in [0.25, 0.3) is 0 Å². The molecule has 0 aliphatic heterocycles. The molecule has 1 rings (SSSR count). The number of nitrogens with zero attached hydrogens (tertiary/aromatic N) is 1. The summed E-state index contributed by atoms with van der Waals surface area (Å²) >= 11 is 0. The molecule has 84 valence electrons. The molecular weight excluding hydrogens is 208 g/mol. The topological polar surface area (TPSA) is 72.2 Å². The van der Waals surface area contributed by atoms with Crippen molar-refractivity contribution in [1.29, 1.82) is 0 Å². The number of benzene rings is 1. The first-order chi connectivity index (χ1) is 7.49. The Morgan fingerprint density at radius 1 is 1.44 bits per heavy atom. The zero-order chi connectivity index (χ0) is 12.1. The molecule has 0 bridgehead atoms. The van der Waals surface area contributed by atoms with Crippen LogP contribution in [-0.4, -0.2) is 10.8 Å². The van der Waals surface area contributed by atoms with E-state index in [2.05, 4.69) is 5.32 Å². The molecule has 5 heteroatoms. The highest BCUT2D eigenvalue weighted by atomic mass is 16.6. The van der Waals surface area contributed by atoms with Gasteiger partial charge in [0.1, 0.15) is 0 Å². The van der Waals surface area contributed by atoms with Gasteiger partial charge in [0.2, 0.25) is 11.6 Å². The molecule has 1 N–H and O–H groups in total. The largest absolute Gasteiger partial charge is 0.326 e. The average molecular weight is 220 g/mol. The van der Waals surface area contributed by atoms with Crippen molar-refractivity contribution < 1.29 is 9.72 Å². The van der Waals surface area contributed by atoms with Crippen LogP contribution in [0.2, 0.25) is 0 Å². The Morgan fingerprint density at radius 3 is 2.69 bits per heavy atom. The second kappa shape index (κ2) is 5.06. The highest BCUT2D eigenvalue weighted by Gasteiger charge is 2.02. The van der Waals surface area contributed by atoms with E-state index < -0.39 is 4.92 Å². The third-order valence-corrected chi connectivity index (χ3v) is 1.87. The molecule has 0 aliphatic rings. The van der Waals surface area contributed by atoms with E-state index in [4.69, 9.17) is 0 Å². The molecule has 16 heavy (non-hydrogen) atoms. The molecule has 0 radical (unpaired) electrons. The predicted octanol–water partition coefficient (Wildman–Crippen LogP) is 2.28. The van der Waals surface area contributed by atoms with E-state index in [1.165, 1.54) is 19.9 Å². The number of carbonyl (C=O) groups excluding carboxylic acids is 1. The van der Waals surface area contributed by atoms with Gasteiger partial charge < -0.3 is 5.32 Å². The first kappa shape index (κ1) is 11.9. The van der Waals surface area contributed by atoms with E-state index in [1.54, 1.807) is 24.3 Å². The van der Waals surface area contributed by atoms with E-state index in [-0.39, 0.29) is 11.6 Å². The summed E-state index contributed by atoms with van der Waals surface area (Å²) in [7, 11) is 0. The molecular formula is C11H12N2O3. The Kier molecular flexibility index (Phi) is 3.77. The molecule has 0 unspecified atom stereocenters. The highest BCUT2D eigenvalue weighted by molar-refractivity contribution is 5.88. The third kappa shape index (κ3) is 3.53. The summed E-state index contributed by atoms with van der Waals surface area (Å²) in [5.41, 5.74) is 1.36. The molecule has 0 aromatic heterocycles. The minimum absolute atomic E-state index is 0.0555. The van der Waals surface area contributed by atoms with Crippen molar-refractivity contribution in [3.05, 3.63) is 45.6 Å². The van der Waals surface area contributed by atoms with E-state index >= 15 is 0 Å². The summed E-state index contributed by atoms with van der Waals surface area (Å²) in [5.74, 6) is -0.174. The van der Waals surface area contributed by atoms with E-state index in [0.29, 0.717) is 11.3 Å². The molecule has 0 atom stereocenters. The molecule has 0 heterocycles. The minimum atomic E-state index is -0.453. The lowest BCUT2D eigenvalue weighted by Gasteiger charge is -2.02. The summed E-state index contributed by atoms with van der Waals surface area (Å²) in [4.78, 5) is 20.8. The van der Waals surface area contributed by atoms with Crippen LogP contribution in [0.3, 0.4) is 0 Å². The first-order valence-electron chi connectivity index (χ1n) is 4.69. The minimum Gasteiger partial charge on any atom is -0.326 e. The molecule has 0 spiro atoms. The van der Waals surface area contributed by atoms with E-state index in [1.807, 2.05) is 0 Å². The number of hydrogen-bond donors (Lipinski definition) is 1. The number of anilines is 1. The zero-order valence-electron chi connectivity index (χ0n) is 9.06. The average Bonchev–Trinajstić information content (AvgIpc) is 2.16. The summed E-state index contributed by atoms with van der Waals surface area (Å²) in [6.07, 6.45) is 1.45. The standard InChI is InChI=1S/C11H12N2O3/c1-8(13(15)16)6-10-4-3-5-11(7-10)12-9(2)14/h3-7H,1-2H3,(H,12,14). The molecule has 1 amide bonds. The summed E-state index contributed by atoms with van der Waals surface area (Å²) in [6.45, 7) is 2.83. The summed E-state index contributed by atoms with van der Waals surface area (Å²) < 4.78 is 0. The van der Waals surface area contributed by atoms with Crippen molar-refractivity contribution in [2.45, 2.75) is 13.8 Å². The summed E-state index contributed by atoms with van der Waals surface area (Å²) in [5, 5.41) is 13.0. The molecule has 5 nitrogen and oxygen atoms in total. The lowest BCUT2D eigenvalue weighted by atomic mass is 10.2. The SMILES string of the molecule is CC(=O)Nc1cccc(C=C(C)[N+](=O)[O-])c1. The number of rotatable bonds is 3. The number of hydrogen-bond acceptors (Lipinski definition) is 3. The second-order valence-corrected chi connectivity index (χ2v) is 3.35. The van der Waals surface area contributed by atoms with Gasteiger partial charge in [-0.25, -0.2) is 0 Å². The van der Waals surface area contributed by atoms with Crippen LogP contribution in [0.4, 0.5) is 5.69 Å². The van der Waals surface area contributed by atoms with Crippen molar-refractivity contribution >= 4 is 17.7 Å². The molecule has 1 aromatic carbocycles. The second-order valence-electron chi connectivity index (χ2n) is 3.35. The molecule has 0 aliphatic carbocycles. The Hall–Kier alpha value is -2.17. The maximum Gasteiger partial charge on any atom is 0.243 e. The van der Waals surface area contributed by atoms with Gasteiger partial charge in [-0.05, 0) is 17.7 Å². The zero-order valence-corrected chi connectivity index (χ0v) is 9.06. The van der Waals surface area contributed by atoms with Crippen LogP contribution in [0.5, 0.6) is 0 Å². The van der Waals surface area contributed by atoms with Crippen molar-refractivity contribution in [2.75, 3.05) is 5.32 Å². The Balaban J connectivity index is 2.94. The van der Waals surface area contributed by atoms with Crippen molar-refractivity contribution in [3.8, 4) is 0 Å². The maximum absolute atomic E-state index is 10.8. The molecule has 0 saturated carbocycles. The smallest absolute Gasteiger partial charge is 0.243 e. The van der Waals surface area contributed by atoms with Crippen LogP contribution in [0.1, 0.15) is 19.4 Å². The maximum atomic E-state index is 10.8. The monoisotopic (exact) mass is 220 g/mol. The molecule has 1 aromatic rings. The fourth-order valence-corrected chi connectivity index (χ4v) is 1.20. The van der Waals surface area contributed by atoms with Gasteiger partial charge in [0.15, 0.2) is 0 Å². The number of carbonyl (C=O) groups is 1. The Labute approximate surface area is 92.9 Å². The van der Waals surface area contributed by atoms with Crippen LogP contribution in [0, 0.1) is 10.1 Å². The summed E-state index contributed by atoms with van der Waals surface area (Å²) in [6, 6.07) is 6.86.